The first-order valence-corrected chi connectivity index (χ1v) is 7.65. The second-order valence-electron chi connectivity index (χ2n) is 5.07. The van der Waals surface area contributed by atoms with Crippen molar-refractivity contribution in [1.29, 1.82) is 0 Å². The molecule has 1 fully saturated rings. The Labute approximate surface area is 121 Å². The summed E-state index contributed by atoms with van der Waals surface area (Å²) in [6, 6.07) is 5.15. The maximum absolute atomic E-state index is 14.0. The molecule has 20 heavy (non-hydrogen) atoms. The molecule has 0 radical (unpaired) electrons. The summed E-state index contributed by atoms with van der Waals surface area (Å²) in [5.41, 5.74) is 6.68. The molecule has 5 heteroatoms. The van der Waals surface area contributed by atoms with Crippen molar-refractivity contribution in [3.8, 4) is 0 Å². The molecule has 1 aromatic heterocycles. The second-order valence-corrected chi connectivity index (χ2v) is 6.20. The van der Waals surface area contributed by atoms with Crippen LogP contribution in [0, 0.1) is 11.7 Å². The van der Waals surface area contributed by atoms with E-state index in [-0.39, 0.29) is 5.82 Å². The number of hydrogen-bond acceptors (Lipinski definition) is 4. The predicted molar refractivity (Wildman–Crippen MR) is 78.3 cm³/mol. The SMILES string of the molecule is NCc1sc2cccc(F)c2c1COCC1CCOC1. The normalized spacial score (nSPS) is 19.0. The van der Waals surface area contributed by atoms with Crippen LogP contribution in [-0.2, 0) is 22.6 Å². The molecule has 1 unspecified atom stereocenters. The van der Waals surface area contributed by atoms with Crippen LogP contribution in [0.3, 0.4) is 0 Å². The van der Waals surface area contributed by atoms with Crippen LogP contribution in [0.1, 0.15) is 16.9 Å². The lowest BCUT2D eigenvalue weighted by Gasteiger charge is -2.09. The summed E-state index contributed by atoms with van der Waals surface area (Å²) in [4.78, 5) is 1.01. The molecule has 0 spiro atoms. The van der Waals surface area contributed by atoms with Crippen LogP contribution in [0.25, 0.3) is 10.1 Å². The molecular weight excluding hydrogens is 277 g/mol. The van der Waals surface area contributed by atoms with Gasteiger partial charge in [0.2, 0.25) is 0 Å². The van der Waals surface area contributed by atoms with Crippen molar-refractivity contribution in [2.24, 2.45) is 11.7 Å². The summed E-state index contributed by atoms with van der Waals surface area (Å²) in [7, 11) is 0. The van der Waals surface area contributed by atoms with Crippen molar-refractivity contribution in [3.05, 3.63) is 34.5 Å². The molecule has 1 aliphatic heterocycles. The third kappa shape index (κ3) is 2.72. The highest BCUT2D eigenvalue weighted by atomic mass is 32.1. The fourth-order valence-electron chi connectivity index (χ4n) is 2.58. The lowest BCUT2D eigenvalue weighted by molar-refractivity contribution is 0.0795. The number of halogens is 1. The molecule has 0 amide bonds. The monoisotopic (exact) mass is 295 g/mol. The maximum Gasteiger partial charge on any atom is 0.132 e. The van der Waals surface area contributed by atoms with E-state index in [0.29, 0.717) is 31.1 Å². The van der Waals surface area contributed by atoms with Crippen molar-refractivity contribution in [3.63, 3.8) is 0 Å². The highest BCUT2D eigenvalue weighted by molar-refractivity contribution is 7.19. The highest BCUT2D eigenvalue weighted by Crippen LogP contribution is 2.33. The lowest BCUT2D eigenvalue weighted by Crippen LogP contribution is -2.10. The van der Waals surface area contributed by atoms with E-state index in [4.69, 9.17) is 15.2 Å². The van der Waals surface area contributed by atoms with Gasteiger partial charge in [-0.3, -0.25) is 0 Å². The van der Waals surface area contributed by atoms with Crippen LogP contribution in [0.2, 0.25) is 0 Å². The minimum Gasteiger partial charge on any atom is -0.381 e. The summed E-state index contributed by atoms with van der Waals surface area (Å²) >= 11 is 1.55. The molecule has 1 saturated heterocycles. The molecule has 3 rings (SSSR count). The van der Waals surface area contributed by atoms with Crippen LogP contribution in [0.5, 0.6) is 0 Å². The van der Waals surface area contributed by atoms with Crippen molar-refractivity contribution in [2.75, 3.05) is 19.8 Å². The molecule has 2 aromatic rings. The molecule has 2 heterocycles. The number of thiophene rings is 1. The van der Waals surface area contributed by atoms with E-state index in [1.54, 1.807) is 17.4 Å². The van der Waals surface area contributed by atoms with Crippen LogP contribution in [-0.4, -0.2) is 19.8 Å². The zero-order valence-corrected chi connectivity index (χ0v) is 12.0. The van der Waals surface area contributed by atoms with Crippen molar-refractivity contribution < 1.29 is 13.9 Å². The Kier molecular flexibility index (Phi) is 4.31. The fraction of sp³-hybridized carbons (Fsp3) is 0.467. The Bertz CT molecular complexity index is 593. The maximum atomic E-state index is 14.0. The van der Waals surface area contributed by atoms with Gasteiger partial charge in [-0.1, -0.05) is 6.07 Å². The predicted octanol–water partition coefficient (Wildman–Crippen LogP) is 3.05. The van der Waals surface area contributed by atoms with Gasteiger partial charge in [-0.25, -0.2) is 4.39 Å². The van der Waals surface area contributed by atoms with Crippen LogP contribution in [0.15, 0.2) is 18.2 Å². The van der Waals surface area contributed by atoms with Gasteiger partial charge in [0.15, 0.2) is 0 Å². The van der Waals surface area contributed by atoms with Gasteiger partial charge in [-0.05, 0) is 18.6 Å². The molecule has 3 nitrogen and oxygen atoms in total. The smallest absolute Gasteiger partial charge is 0.132 e. The Morgan fingerprint density at radius 3 is 3.10 bits per heavy atom. The summed E-state index contributed by atoms with van der Waals surface area (Å²) in [5, 5.41) is 0.667. The topological polar surface area (TPSA) is 44.5 Å². The minimum atomic E-state index is -0.193. The standard InChI is InChI=1S/C15H18FNO2S/c16-12-2-1-3-13-15(12)11(14(6-17)20-13)9-19-8-10-4-5-18-7-10/h1-3,10H,4-9,17H2. The third-order valence-corrected chi connectivity index (χ3v) is 4.88. The number of benzene rings is 1. The van der Waals surface area contributed by atoms with Crippen LogP contribution >= 0.6 is 11.3 Å². The van der Waals surface area contributed by atoms with Gasteiger partial charge in [0.1, 0.15) is 5.82 Å². The van der Waals surface area contributed by atoms with Crippen LogP contribution in [0.4, 0.5) is 4.39 Å². The molecule has 0 bridgehead atoms. The van der Waals surface area contributed by atoms with Crippen molar-refractivity contribution in [2.45, 2.75) is 19.6 Å². The zero-order chi connectivity index (χ0) is 13.9. The van der Waals surface area contributed by atoms with Gasteiger partial charge in [-0.2, -0.15) is 0 Å². The number of rotatable bonds is 5. The number of ether oxygens (including phenoxy) is 2. The van der Waals surface area contributed by atoms with Crippen molar-refractivity contribution in [1.82, 2.24) is 0 Å². The van der Waals surface area contributed by atoms with E-state index < -0.39 is 0 Å². The first kappa shape index (κ1) is 13.9. The number of nitrogens with two attached hydrogens (primary N) is 1. The first-order valence-electron chi connectivity index (χ1n) is 6.84. The molecule has 0 aliphatic carbocycles. The summed E-state index contributed by atoms with van der Waals surface area (Å²) in [5.74, 6) is 0.271. The Morgan fingerprint density at radius 2 is 2.35 bits per heavy atom. The molecule has 1 atom stereocenters. The first-order chi connectivity index (χ1) is 9.79. The summed E-state index contributed by atoms with van der Waals surface area (Å²) in [6.07, 6.45) is 1.04. The van der Waals surface area contributed by atoms with Crippen molar-refractivity contribution >= 4 is 21.4 Å². The summed E-state index contributed by atoms with van der Waals surface area (Å²) < 4.78 is 26.0. The largest absolute Gasteiger partial charge is 0.381 e. The van der Waals surface area contributed by atoms with Gasteiger partial charge < -0.3 is 15.2 Å². The van der Waals surface area contributed by atoms with Crippen LogP contribution < -0.4 is 5.73 Å². The number of fused-ring (bicyclic) bond motifs is 1. The van der Waals surface area contributed by atoms with E-state index in [1.165, 1.54) is 6.07 Å². The molecule has 108 valence electrons. The van der Waals surface area contributed by atoms with E-state index in [2.05, 4.69) is 0 Å². The van der Waals surface area contributed by atoms with Gasteiger partial charge >= 0.3 is 0 Å². The van der Waals surface area contributed by atoms with Gasteiger partial charge in [0.05, 0.1) is 19.8 Å². The Balaban J connectivity index is 1.78. The minimum absolute atomic E-state index is 0.193. The molecule has 1 aliphatic rings. The second kappa shape index (κ2) is 6.18. The van der Waals surface area contributed by atoms with Gasteiger partial charge in [-0.15, -0.1) is 11.3 Å². The number of hydrogen-bond donors (Lipinski definition) is 1. The van der Waals surface area contributed by atoms with E-state index >= 15 is 0 Å². The van der Waals surface area contributed by atoms with E-state index in [1.807, 2.05) is 6.07 Å². The van der Waals surface area contributed by atoms with Gasteiger partial charge in [0.25, 0.3) is 0 Å². The fourth-order valence-corrected chi connectivity index (χ4v) is 3.68. The summed E-state index contributed by atoms with van der Waals surface area (Å²) in [6.45, 7) is 3.09. The average molecular weight is 295 g/mol. The molecular formula is C15H18FNO2S. The quantitative estimate of drug-likeness (QED) is 0.922. The van der Waals surface area contributed by atoms with E-state index in [9.17, 15) is 4.39 Å². The average Bonchev–Trinajstić information content (AvgIpc) is 3.07. The van der Waals surface area contributed by atoms with Gasteiger partial charge in [0, 0.05) is 39.6 Å². The Hall–Kier alpha value is -1.01. The lowest BCUT2D eigenvalue weighted by atomic mass is 10.1. The zero-order valence-electron chi connectivity index (χ0n) is 11.2. The van der Waals surface area contributed by atoms with E-state index in [0.717, 1.165) is 34.8 Å². The Morgan fingerprint density at radius 1 is 1.45 bits per heavy atom. The third-order valence-electron chi connectivity index (χ3n) is 3.66. The molecule has 2 N–H and O–H groups in total. The highest BCUT2D eigenvalue weighted by Gasteiger charge is 2.18. The molecule has 0 saturated carbocycles. The molecule has 1 aromatic carbocycles.